The second kappa shape index (κ2) is 8.75. The molecule has 2 N–H and O–H groups in total. The van der Waals surface area contributed by atoms with Gasteiger partial charge in [-0.15, -0.1) is 0 Å². The highest BCUT2D eigenvalue weighted by molar-refractivity contribution is 6.31. The summed E-state index contributed by atoms with van der Waals surface area (Å²) in [5.41, 5.74) is 1.73. The molecule has 0 unspecified atom stereocenters. The molecule has 0 aliphatic heterocycles. The summed E-state index contributed by atoms with van der Waals surface area (Å²) in [5, 5.41) is 6.04. The van der Waals surface area contributed by atoms with Crippen LogP contribution >= 0.6 is 11.6 Å². The average Bonchev–Trinajstić information content (AvgIpc) is 2.95. The standard InChI is InChI=1S/C22H25ClN4O3/c1-22(2,3)30-21(29)25-17(12-14-8-6-5-7-9-14)19(28)26-20-24-16-13-15(23)10-11-18(16)27(20)4/h5-11,13,17H,12H2,1-4H3,(H,25,29)(H,24,26,28)/t17-/m0/s1. The van der Waals surface area contributed by atoms with Gasteiger partial charge >= 0.3 is 6.09 Å². The van der Waals surface area contributed by atoms with E-state index < -0.39 is 23.6 Å². The van der Waals surface area contributed by atoms with Crippen molar-refractivity contribution in [3.05, 3.63) is 59.1 Å². The number of aryl methyl sites for hydroxylation is 1. The fourth-order valence-electron chi connectivity index (χ4n) is 2.99. The smallest absolute Gasteiger partial charge is 0.408 e. The van der Waals surface area contributed by atoms with E-state index in [1.165, 1.54) is 0 Å². The van der Waals surface area contributed by atoms with Gasteiger partial charge in [-0.3, -0.25) is 10.1 Å². The molecule has 0 bridgehead atoms. The van der Waals surface area contributed by atoms with Crippen molar-refractivity contribution >= 4 is 40.6 Å². The Labute approximate surface area is 180 Å². The Hall–Kier alpha value is -3.06. The lowest BCUT2D eigenvalue weighted by Gasteiger charge is -2.23. The van der Waals surface area contributed by atoms with E-state index in [9.17, 15) is 9.59 Å². The van der Waals surface area contributed by atoms with Crippen LogP contribution in [0.15, 0.2) is 48.5 Å². The van der Waals surface area contributed by atoms with E-state index in [1.807, 2.05) is 36.4 Å². The Morgan fingerprint density at radius 3 is 2.53 bits per heavy atom. The molecule has 158 valence electrons. The van der Waals surface area contributed by atoms with Gasteiger partial charge in [-0.05, 0) is 44.5 Å². The van der Waals surface area contributed by atoms with Crippen LogP contribution in [0.2, 0.25) is 5.02 Å². The average molecular weight is 429 g/mol. The fraction of sp³-hybridized carbons (Fsp3) is 0.318. The number of nitrogens with one attached hydrogen (secondary N) is 2. The van der Waals surface area contributed by atoms with Crippen LogP contribution in [0.4, 0.5) is 10.7 Å². The largest absolute Gasteiger partial charge is 0.444 e. The van der Waals surface area contributed by atoms with E-state index in [0.29, 0.717) is 22.9 Å². The van der Waals surface area contributed by atoms with Crippen LogP contribution in [0, 0.1) is 0 Å². The fourth-order valence-corrected chi connectivity index (χ4v) is 3.16. The maximum Gasteiger partial charge on any atom is 0.408 e. The molecule has 2 aromatic carbocycles. The minimum atomic E-state index is -0.842. The van der Waals surface area contributed by atoms with E-state index in [2.05, 4.69) is 15.6 Å². The van der Waals surface area contributed by atoms with E-state index >= 15 is 0 Å². The van der Waals surface area contributed by atoms with Crippen molar-refractivity contribution in [2.45, 2.75) is 38.8 Å². The molecule has 8 heteroatoms. The lowest BCUT2D eigenvalue weighted by Crippen LogP contribution is -2.47. The second-order valence-corrected chi connectivity index (χ2v) is 8.44. The third-order valence-electron chi connectivity index (χ3n) is 4.37. The highest BCUT2D eigenvalue weighted by Gasteiger charge is 2.26. The highest BCUT2D eigenvalue weighted by Crippen LogP contribution is 2.22. The molecule has 0 saturated carbocycles. The Kier molecular flexibility index (Phi) is 6.31. The number of halogens is 1. The summed E-state index contributed by atoms with van der Waals surface area (Å²) in [5.74, 6) is -0.0319. The van der Waals surface area contributed by atoms with Crippen molar-refractivity contribution < 1.29 is 14.3 Å². The van der Waals surface area contributed by atoms with Gasteiger partial charge in [0.15, 0.2) is 0 Å². The summed E-state index contributed by atoms with van der Waals surface area (Å²) in [7, 11) is 1.80. The molecule has 2 amide bonds. The van der Waals surface area contributed by atoms with Gasteiger partial charge in [-0.1, -0.05) is 41.9 Å². The van der Waals surface area contributed by atoms with Crippen molar-refractivity contribution in [1.82, 2.24) is 14.9 Å². The minimum absolute atomic E-state index is 0.307. The van der Waals surface area contributed by atoms with E-state index in [0.717, 1.165) is 11.1 Å². The zero-order chi connectivity index (χ0) is 21.9. The van der Waals surface area contributed by atoms with E-state index in [1.54, 1.807) is 44.5 Å². The maximum absolute atomic E-state index is 13.1. The lowest BCUT2D eigenvalue weighted by atomic mass is 10.1. The predicted octanol–water partition coefficient (Wildman–Crippen LogP) is 4.30. The molecule has 7 nitrogen and oxygen atoms in total. The van der Waals surface area contributed by atoms with Crippen LogP contribution in [-0.2, 0) is 23.0 Å². The van der Waals surface area contributed by atoms with Crippen LogP contribution < -0.4 is 10.6 Å². The van der Waals surface area contributed by atoms with Gasteiger partial charge in [0.25, 0.3) is 0 Å². The van der Waals surface area contributed by atoms with Crippen LogP contribution in [0.3, 0.4) is 0 Å². The molecule has 1 heterocycles. The summed E-state index contributed by atoms with van der Waals surface area (Å²) in [4.78, 5) is 29.8. The number of hydrogen-bond acceptors (Lipinski definition) is 4. The molecule has 0 aliphatic rings. The summed E-state index contributed by atoms with van der Waals surface area (Å²) >= 11 is 6.04. The molecular weight excluding hydrogens is 404 g/mol. The van der Waals surface area contributed by atoms with Crippen molar-refractivity contribution in [2.24, 2.45) is 7.05 Å². The van der Waals surface area contributed by atoms with E-state index in [4.69, 9.17) is 16.3 Å². The second-order valence-electron chi connectivity index (χ2n) is 8.01. The molecule has 30 heavy (non-hydrogen) atoms. The van der Waals surface area contributed by atoms with Crippen molar-refractivity contribution in [3.63, 3.8) is 0 Å². The zero-order valence-corrected chi connectivity index (χ0v) is 18.2. The third-order valence-corrected chi connectivity index (χ3v) is 4.60. The van der Waals surface area contributed by atoms with Crippen molar-refractivity contribution in [2.75, 3.05) is 5.32 Å². The number of carbonyl (C=O) groups is 2. The first kappa shape index (κ1) is 21.6. The van der Waals surface area contributed by atoms with Crippen molar-refractivity contribution in [1.29, 1.82) is 0 Å². The molecule has 0 fully saturated rings. The summed E-state index contributed by atoms with van der Waals surface area (Å²) < 4.78 is 7.09. The molecule has 3 rings (SSSR count). The van der Waals surface area contributed by atoms with Gasteiger partial charge in [0.05, 0.1) is 11.0 Å². The predicted molar refractivity (Wildman–Crippen MR) is 118 cm³/mol. The number of anilines is 1. The van der Waals surface area contributed by atoms with Crippen molar-refractivity contribution in [3.8, 4) is 0 Å². The molecule has 3 aromatic rings. The van der Waals surface area contributed by atoms with Gasteiger partial charge in [-0.25, -0.2) is 9.78 Å². The molecule has 0 saturated heterocycles. The molecule has 0 spiro atoms. The zero-order valence-electron chi connectivity index (χ0n) is 17.4. The highest BCUT2D eigenvalue weighted by atomic mass is 35.5. The number of aromatic nitrogens is 2. The van der Waals surface area contributed by atoms with Crippen LogP contribution in [0.5, 0.6) is 0 Å². The first-order chi connectivity index (χ1) is 14.1. The number of carbonyl (C=O) groups excluding carboxylic acids is 2. The number of rotatable bonds is 5. The minimum Gasteiger partial charge on any atom is -0.444 e. The topological polar surface area (TPSA) is 85.2 Å². The first-order valence-electron chi connectivity index (χ1n) is 9.58. The van der Waals surface area contributed by atoms with Gasteiger partial charge in [0.1, 0.15) is 11.6 Å². The van der Waals surface area contributed by atoms with E-state index in [-0.39, 0.29) is 0 Å². The van der Waals surface area contributed by atoms with Gasteiger partial charge in [0, 0.05) is 18.5 Å². The van der Waals surface area contributed by atoms with Crippen LogP contribution in [-0.4, -0.2) is 33.2 Å². The summed E-state index contributed by atoms with van der Waals surface area (Å²) in [6, 6.07) is 13.9. The quantitative estimate of drug-likeness (QED) is 0.634. The Bertz CT molecular complexity index is 1060. The number of amides is 2. The third kappa shape index (κ3) is 5.51. The number of ether oxygens (including phenoxy) is 1. The maximum atomic E-state index is 13.1. The first-order valence-corrected chi connectivity index (χ1v) is 9.96. The Balaban J connectivity index is 1.82. The van der Waals surface area contributed by atoms with Crippen LogP contribution in [0.1, 0.15) is 26.3 Å². The van der Waals surface area contributed by atoms with Gasteiger partial charge in [0.2, 0.25) is 11.9 Å². The number of hydrogen-bond donors (Lipinski definition) is 2. The Morgan fingerprint density at radius 1 is 1.17 bits per heavy atom. The summed E-state index contributed by atoms with van der Waals surface area (Å²) in [6.07, 6.45) is -0.350. The number of imidazole rings is 1. The lowest BCUT2D eigenvalue weighted by molar-refractivity contribution is -0.118. The molecule has 0 radical (unpaired) electrons. The molecule has 1 atom stereocenters. The Morgan fingerprint density at radius 2 is 1.87 bits per heavy atom. The monoisotopic (exact) mass is 428 g/mol. The van der Waals surface area contributed by atoms with Gasteiger partial charge in [-0.2, -0.15) is 0 Å². The van der Waals surface area contributed by atoms with Gasteiger partial charge < -0.3 is 14.6 Å². The summed E-state index contributed by atoms with van der Waals surface area (Å²) in [6.45, 7) is 5.30. The normalized spacial score (nSPS) is 12.4. The number of nitrogens with zero attached hydrogens (tertiary/aromatic N) is 2. The molecule has 1 aromatic heterocycles. The van der Waals surface area contributed by atoms with Crippen LogP contribution in [0.25, 0.3) is 11.0 Å². The number of alkyl carbamates (subject to hydrolysis) is 1. The number of benzene rings is 2. The molecular formula is C22H25ClN4O3. The SMILES string of the molecule is Cn1c(NC(=O)[C@H](Cc2ccccc2)NC(=O)OC(C)(C)C)nc2cc(Cl)ccc21. The molecule has 0 aliphatic carbocycles. The number of fused-ring (bicyclic) bond motifs is 1.